The lowest BCUT2D eigenvalue weighted by molar-refractivity contribution is 0.209. The van der Waals surface area contributed by atoms with Crippen molar-refractivity contribution in [3.8, 4) is 16.9 Å². The molecule has 2 N–H and O–H groups in total. The number of piperazine rings is 1. The van der Waals surface area contributed by atoms with Gasteiger partial charge in [-0.25, -0.2) is 4.98 Å². The van der Waals surface area contributed by atoms with Gasteiger partial charge >= 0.3 is 0 Å². The average Bonchev–Trinajstić information content (AvgIpc) is 3.47. The lowest BCUT2D eigenvalue weighted by Gasteiger charge is -2.39. The zero-order chi connectivity index (χ0) is 32.6. The summed E-state index contributed by atoms with van der Waals surface area (Å²) in [6.07, 6.45) is 8.80. The van der Waals surface area contributed by atoms with Crippen molar-refractivity contribution in [2.75, 3.05) is 62.2 Å². The van der Waals surface area contributed by atoms with Gasteiger partial charge in [0.2, 0.25) is 5.95 Å². The van der Waals surface area contributed by atoms with E-state index in [1.807, 2.05) is 31.6 Å². The first-order valence-corrected chi connectivity index (χ1v) is 18.5. The molecule has 0 aliphatic carbocycles. The molecule has 1 saturated heterocycles. The predicted octanol–water partition coefficient (Wildman–Crippen LogP) is 5.86. The minimum Gasteiger partial charge on any atom is -0.494 e. The summed E-state index contributed by atoms with van der Waals surface area (Å²) >= 11 is 3.58. The number of aromatic nitrogens is 6. The summed E-state index contributed by atoms with van der Waals surface area (Å²) < 4.78 is 21.8. The van der Waals surface area contributed by atoms with Gasteiger partial charge in [0.15, 0.2) is 0 Å². The summed E-state index contributed by atoms with van der Waals surface area (Å²) in [5.74, 6) is 1.53. The Morgan fingerprint density at radius 1 is 0.978 bits per heavy atom. The van der Waals surface area contributed by atoms with Crippen molar-refractivity contribution in [2.24, 2.45) is 7.05 Å². The second-order valence-corrected chi connectivity index (χ2v) is 16.0. The quantitative estimate of drug-likeness (QED) is 0.179. The first kappa shape index (κ1) is 31.9. The molecular formula is C32H38BrN10O2P. The predicted molar refractivity (Wildman–Crippen MR) is 189 cm³/mol. The fourth-order valence-electron chi connectivity index (χ4n) is 5.80. The number of hydrogen-bond acceptors (Lipinski definition) is 11. The molecule has 0 atom stereocenters. The standard InChI is InChI=1S/C32H38BrN10O2P/c1-20(2)42-11-13-43(14-12-42)27-16-28(45-4)26(15-22(27)21-17-37-41(3)19-21)39-32-36-18-23(33)31(40-32)38-25-8-7-24-29(35-10-9-34-24)30(25)46(5,6)44/h7-10,15-20H,11-14H2,1-6H3,(H2,36,38,39,40). The number of benzene rings is 2. The van der Waals surface area contributed by atoms with Crippen molar-refractivity contribution in [1.29, 1.82) is 0 Å². The van der Waals surface area contributed by atoms with Crippen LogP contribution in [0.1, 0.15) is 13.8 Å². The second kappa shape index (κ2) is 13.0. The molecule has 3 aromatic heterocycles. The van der Waals surface area contributed by atoms with Gasteiger partial charge in [-0.1, -0.05) is 0 Å². The van der Waals surface area contributed by atoms with E-state index in [-0.39, 0.29) is 0 Å². The van der Waals surface area contributed by atoms with E-state index in [1.165, 1.54) is 0 Å². The number of fused-ring (bicyclic) bond motifs is 1. The molecule has 0 spiro atoms. The highest BCUT2D eigenvalue weighted by Gasteiger charge is 2.25. The summed E-state index contributed by atoms with van der Waals surface area (Å²) in [5, 5.41) is 11.8. The van der Waals surface area contributed by atoms with Gasteiger partial charge in [-0.05, 0) is 61.3 Å². The van der Waals surface area contributed by atoms with Crippen LogP contribution in [-0.2, 0) is 11.6 Å². The van der Waals surface area contributed by atoms with Gasteiger partial charge in [-0.2, -0.15) is 10.1 Å². The highest BCUT2D eigenvalue weighted by atomic mass is 79.9. The SMILES string of the molecule is COc1cc(N2CCN(C(C)C)CC2)c(-c2cnn(C)c2)cc1Nc1ncc(Br)c(Nc2ccc3nccnc3c2P(C)(C)=O)n1. The van der Waals surface area contributed by atoms with E-state index in [4.69, 9.17) is 9.72 Å². The molecule has 46 heavy (non-hydrogen) atoms. The maximum Gasteiger partial charge on any atom is 0.229 e. The van der Waals surface area contributed by atoms with Crippen LogP contribution < -0.4 is 25.6 Å². The molecule has 0 unspecified atom stereocenters. The maximum atomic E-state index is 13.5. The third-order valence-electron chi connectivity index (χ3n) is 8.11. The molecular weight excluding hydrogens is 667 g/mol. The van der Waals surface area contributed by atoms with Gasteiger partial charge < -0.3 is 24.8 Å². The number of rotatable bonds is 9. The van der Waals surface area contributed by atoms with Gasteiger partial charge in [0.1, 0.15) is 24.2 Å². The third-order valence-corrected chi connectivity index (χ3v) is 10.2. The first-order chi connectivity index (χ1) is 22.0. The molecule has 0 bridgehead atoms. The zero-order valence-electron chi connectivity index (χ0n) is 26.8. The van der Waals surface area contributed by atoms with E-state index in [1.54, 1.807) is 43.7 Å². The zero-order valence-corrected chi connectivity index (χ0v) is 29.3. The van der Waals surface area contributed by atoms with E-state index in [0.29, 0.717) is 55.7 Å². The van der Waals surface area contributed by atoms with E-state index in [0.717, 1.165) is 43.0 Å². The molecule has 5 aromatic rings. The van der Waals surface area contributed by atoms with E-state index < -0.39 is 7.14 Å². The van der Waals surface area contributed by atoms with Gasteiger partial charge in [-0.3, -0.25) is 19.5 Å². The number of nitrogens with one attached hydrogen (secondary N) is 2. The molecule has 0 radical (unpaired) electrons. The molecule has 6 rings (SSSR count). The van der Waals surface area contributed by atoms with E-state index >= 15 is 0 Å². The highest BCUT2D eigenvalue weighted by molar-refractivity contribution is 9.10. The Bertz CT molecular complexity index is 1930. The number of nitrogens with zero attached hydrogens (tertiary/aromatic N) is 8. The van der Waals surface area contributed by atoms with Crippen molar-refractivity contribution in [1.82, 2.24) is 34.6 Å². The second-order valence-electron chi connectivity index (χ2n) is 12.0. The van der Waals surface area contributed by atoms with Crippen molar-refractivity contribution in [2.45, 2.75) is 19.9 Å². The highest BCUT2D eigenvalue weighted by Crippen LogP contribution is 2.42. The molecule has 1 aliphatic rings. The molecule has 0 amide bonds. The summed E-state index contributed by atoms with van der Waals surface area (Å²) in [5.41, 5.74) is 5.77. The number of anilines is 5. The largest absolute Gasteiger partial charge is 0.494 e. The lowest BCUT2D eigenvalue weighted by Crippen LogP contribution is -2.49. The summed E-state index contributed by atoms with van der Waals surface area (Å²) in [7, 11) is 0.824. The Balaban J connectivity index is 1.36. The minimum absolute atomic E-state index is 0.359. The minimum atomic E-state index is -2.76. The number of halogens is 1. The molecule has 2 aromatic carbocycles. The number of ether oxygens (including phenoxy) is 1. The summed E-state index contributed by atoms with van der Waals surface area (Å²) in [4.78, 5) is 23.1. The van der Waals surface area contributed by atoms with Crippen molar-refractivity contribution in [3.63, 3.8) is 0 Å². The van der Waals surface area contributed by atoms with E-state index in [2.05, 4.69) is 82.4 Å². The molecule has 0 saturated carbocycles. The molecule has 1 fully saturated rings. The van der Waals surface area contributed by atoms with Crippen molar-refractivity contribution < 1.29 is 9.30 Å². The van der Waals surface area contributed by atoms with Gasteiger partial charge in [-0.15, -0.1) is 0 Å². The Labute approximate surface area is 277 Å². The van der Waals surface area contributed by atoms with Crippen molar-refractivity contribution >= 4 is 68.2 Å². The average molecular weight is 706 g/mol. The normalized spacial score (nSPS) is 14.2. The van der Waals surface area contributed by atoms with Crippen LogP contribution in [0.25, 0.3) is 22.2 Å². The fraction of sp³-hybridized carbons (Fsp3) is 0.344. The van der Waals surface area contributed by atoms with E-state index in [9.17, 15) is 4.57 Å². The number of methoxy groups -OCH3 is 1. The van der Waals surface area contributed by atoms with Gasteiger partial charge in [0.25, 0.3) is 0 Å². The van der Waals surface area contributed by atoms with Crippen LogP contribution in [-0.4, -0.2) is 87.3 Å². The van der Waals surface area contributed by atoms with Crippen LogP contribution in [0.2, 0.25) is 0 Å². The first-order valence-electron chi connectivity index (χ1n) is 15.1. The maximum absolute atomic E-state index is 13.5. The van der Waals surface area contributed by atoms with Crippen LogP contribution in [0.15, 0.2) is 59.7 Å². The Hall–Kier alpha value is -4.06. The van der Waals surface area contributed by atoms with Crippen LogP contribution in [0.3, 0.4) is 0 Å². The fourth-order valence-corrected chi connectivity index (χ4v) is 7.48. The van der Waals surface area contributed by atoms with Gasteiger partial charge in [0.05, 0.1) is 40.0 Å². The van der Waals surface area contributed by atoms with Crippen LogP contribution in [0, 0.1) is 0 Å². The Morgan fingerprint density at radius 2 is 1.74 bits per heavy atom. The lowest BCUT2D eigenvalue weighted by atomic mass is 10.0. The smallest absolute Gasteiger partial charge is 0.229 e. The molecule has 1 aliphatic heterocycles. The summed E-state index contributed by atoms with van der Waals surface area (Å²) in [6, 6.07) is 8.38. The molecule has 12 nitrogen and oxygen atoms in total. The van der Waals surface area contributed by atoms with Crippen molar-refractivity contribution in [3.05, 3.63) is 59.7 Å². The molecule has 240 valence electrons. The van der Waals surface area contributed by atoms with Gasteiger partial charge in [0, 0.05) is 86.9 Å². The Morgan fingerprint density at radius 3 is 2.41 bits per heavy atom. The van der Waals surface area contributed by atoms with Crippen LogP contribution in [0.4, 0.5) is 28.8 Å². The topological polar surface area (TPSA) is 126 Å². The molecule has 14 heteroatoms. The summed E-state index contributed by atoms with van der Waals surface area (Å²) in [6.45, 7) is 11.7. The van der Waals surface area contributed by atoms with Crippen LogP contribution >= 0.6 is 23.1 Å². The van der Waals surface area contributed by atoms with Crippen LogP contribution in [0.5, 0.6) is 5.75 Å². The Kier molecular flexibility index (Phi) is 9.00. The monoisotopic (exact) mass is 704 g/mol. The number of aryl methyl sites for hydroxylation is 1. The number of hydrogen-bond donors (Lipinski definition) is 2. The molecule has 4 heterocycles. The third kappa shape index (κ3) is 6.58.